The van der Waals surface area contributed by atoms with Gasteiger partial charge in [0.25, 0.3) is 5.91 Å². The Balaban J connectivity index is 1.49. The van der Waals surface area contributed by atoms with Crippen molar-refractivity contribution in [1.29, 1.82) is 0 Å². The van der Waals surface area contributed by atoms with Crippen molar-refractivity contribution in [3.05, 3.63) is 22.4 Å². The molecule has 2 aliphatic heterocycles. The third-order valence-electron chi connectivity index (χ3n) is 5.21. The van der Waals surface area contributed by atoms with Gasteiger partial charge in [0.15, 0.2) is 0 Å². The molecule has 2 saturated heterocycles. The van der Waals surface area contributed by atoms with E-state index in [1.807, 2.05) is 26.6 Å². The van der Waals surface area contributed by atoms with Gasteiger partial charge < -0.3 is 9.80 Å². The Kier molecular flexibility index (Phi) is 3.80. The average Bonchev–Trinajstić information content (AvgIpc) is 3.15. The van der Waals surface area contributed by atoms with Gasteiger partial charge >= 0.3 is 0 Å². The van der Waals surface area contributed by atoms with Gasteiger partial charge in [-0.15, -0.1) is 0 Å². The molecule has 0 N–H and O–H groups in total. The summed E-state index contributed by atoms with van der Waals surface area (Å²) in [4.78, 5) is 27.9. The van der Waals surface area contributed by atoms with Crippen LogP contribution in [0.3, 0.4) is 0 Å². The van der Waals surface area contributed by atoms with Crippen molar-refractivity contribution in [3.63, 3.8) is 0 Å². The smallest absolute Gasteiger partial charge is 0.254 e. The van der Waals surface area contributed by atoms with E-state index in [0.717, 1.165) is 12.1 Å². The molecule has 3 aliphatic rings. The molecule has 3 heterocycles. The van der Waals surface area contributed by atoms with Crippen LogP contribution in [0.1, 0.15) is 36.0 Å². The molecule has 3 fully saturated rings. The largest absolute Gasteiger partial charge is 0.338 e. The third kappa shape index (κ3) is 2.63. The molecule has 1 unspecified atom stereocenters. The van der Waals surface area contributed by atoms with E-state index >= 15 is 0 Å². The first-order valence-corrected chi connectivity index (χ1v) is 10.4. The van der Waals surface area contributed by atoms with E-state index in [2.05, 4.69) is 0 Å². The van der Waals surface area contributed by atoms with Gasteiger partial charge in [-0.2, -0.15) is 11.3 Å². The van der Waals surface area contributed by atoms with Crippen LogP contribution < -0.4 is 0 Å². The van der Waals surface area contributed by atoms with E-state index in [1.54, 1.807) is 0 Å². The van der Waals surface area contributed by atoms with Crippen molar-refractivity contribution in [3.8, 4) is 0 Å². The van der Waals surface area contributed by atoms with Crippen LogP contribution in [0.15, 0.2) is 16.8 Å². The summed E-state index contributed by atoms with van der Waals surface area (Å²) in [6, 6.07) is 1.84. The second kappa shape index (κ2) is 5.70. The summed E-state index contributed by atoms with van der Waals surface area (Å²) >= 11 is 1.52. The minimum atomic E-state index is -1.14. The lowest BCUT2D eigenvalue weighted by molar-refractivity contribution is -0.131. The molecule has 1 atom stereocenters. The zero-order valence-corrected chi connectivity index (χ0v) is 14.5. The van der Waals surface area contributed by atoms with Gasteiger partial charge in [-0.05, 0) is 30.2 Å². The van der Waals surface area contributed by atoms with Crippen LogP contribution in [0.25, 0.3) is 0 Å². The first-order valence-electron chi connectivity index (χ1n) is 8.10. The number of piperidine rings is 1. The zero-order chi connectivity index (χ0) is 16.0. The maximum atomic E-state index is 12.6. The lowest BCUT2D eigenvalue weighted by Crippen LogP contribution is -2.56. The summed E-state index contributed by atoms with van der Waals surface area (Å²) in [5.41, 5.74) is 0.726. The second-order valence-corrected chi connectivity index (χ2v) is 9.21. The highest BCUT2D eigenvalue weighted by Gasteiger charge is 2.54. The number of hydrogen-bond donors (Lipinski definition) is 0. The topological polar surface area (TPSA) is 57.7 Å². The number of carbonyl (C=O) groups excluding carboxylic acids is 2. The molecule has 0 bridgehead atoms. The Morgan fingerprint density at radius 2 is 2.09 bits per heavy atom. The van der Waals surface area contributed by atoms with Crippen LogP contribution in [0.4, 0.5) is 0 Å². The number of amides is 2. The number of carbonyl (C=O) groups is 2. The fourth-order valence-corrected chi connectivity index (χ4v) is 5.97. The van der Waals surface area contributed by atoms with Crippen LogP contribution >= 0.6 is 11.3 Å². The van der Waals surface area contributed by atoms with Crippen LogP contribution in [0, 0.1) is 5.92 Å². The summed E-state index contributed by atoms with van der Waals surface area (Å²) in [5, 5.41) is 3.77. The van der Waals surface area contributed by atoms with Crippen molar-refractivity contribution in [2.45, 2.75) is 30.6 Å². The summed E-state index contributed by atoms with van der Waals surface area (Å²) in [5.74, 6) is 0.833. The number of nitrogens with zero attached hydrogens (tertiary/aromatic N) is 2. The highest BCUT2D eigenvalue weighted by atomic mass is 32.2. The van der Waals surface area contributed by atoms with E-state index < -0.39 is 15.7 Å². The van der Waals surface area contributed by atoms with Gasteiger partial charge in [0, 0.05) is 37.9 Å². The number of thiophene rings is 1. The molecule has 1 aromatic heterocycles. The fourth-order valence-electron chi connectivity index (χ4n) is 3.63. The van der Waals surface area contributed by atoms with Crippen molar-refractivity contribution in [2.24, 2.45) is 5.92 Å². The van der Waals surface area contributed by atoms with E-state index in [4.69, 9.17) is 0 Å². The van der Waals surface area contributed by atoms with Crippen LogP contribution in [0.2, 0.25) is 0 Å². The van der Waals surface area contributed by atoms with Gasteiger partial charge in [0.1, 0.15) is 10.6 Å². The molecule has 1 saturated carbocycles. The Labute approximate surface area is 142 Å². The summed E-state index contributed by atoms with van der Waals surface area (Å²) in [7, 11) is -1.14. The highest BCUT2D eigenvalue weighted by Crippen LogP contribution is 2.41. The first kappa shape index (κ1) is 15.3. The van der Waals surface area contributed by atoms with Crippen LogP contribution in [-0.2, 0) is 15.6 Å². The van der Waals surface area contributed by atoms with E-state index in [1.165, 1.54) is 24.2 Å². The molecule has 1 aromatic rings. The van der Waals surface area contributed by atoms with Gasteiger partial charge in [-0.25, -0.2) is 0 Å². The average molecular weight is 352 g/mol. The molecule has 7 heteroatoms. The Bertz CT molecular complexity index is 646. The minimum absolute atomic E-state index is 0.0350. The monoisotopic (exact) mass is 352 g/mol. The van der Waals surface area contributed by atoms with Crippen molar-refractivity contribution >= 4 is 34.0 Å². The molecule has 2 amide bonds. The maximum Gasteiger partial charge on any atom is 0.254 e. The molecule has 4 rings (SSSR count). The van der Waals surface area contributed by atoms with E-state index in [9.17, 15) is 13.8 Å². The van der Waals surface area contributed by atoms with Gasteiger partial charge in [-0.1, -0.05) is 0 Å². The quantitative estimate of drug-likeness (QED) is 0.832. The number of hydrogen-bond acceptors (Lipinski definition) is 4. The van der Waals surface area contributed by atoms with Crippen molar-refractivity contribution in [2.75, 3.05) is 25.4 Å². The molecule has 124 valence electrons. The van der Waals surface area contributed by atoms with Crippen molar-refractivity contribution < 1.29 is 13.8 Å². The Morgan fingerprint density at radius 3 is 2.70 bits per heavy atom. The zero-order valence-electron chi connectivity index (χ0n) is 12.9. The molecule has 0 radical (unpaired) electrons. The molecule has 23 heavy (non-hydrogen) atoms. The van der Waals surface area contributed by atoms with E-state index in [-0.39, 0.29) is 17.6 Å². The molecule has 1 spiro atoms. The molecular weight excluding hydrogens is 332 g/mol. The van der Waals surface area contributed by atoms with Crippen LogP contribution in [-0.4, -0.2) is 56.1 Å². The Morgan fingerprint density at radius 1 is 1.35 bits per heavy atom. The van der Waals surface area contributed by atoms with Gasteiger partial charge in [0.2, 0.25) is 5.91 Å². The third-order valence-corrected chi connectivity index (χ3v) is 7.88. The summed E-state index contributed by atoms with van der Waals surface area (Å²) in [6.45, 7) is 1.91. The normalized spacial score (nSPS) is 27.0. The molecular formula is C16H20N2O3S2. The molecule has 5 nitrogen and oxygen atoms in total. The standard InChI is InChI=1S/C16H20N2O3S2/c19-14-11-23(21)16(18(14)9-12-1-2-12)4-6-17(7-5-16)15(20)13-3-8-22-10-13/h3,8,10,12H,1-2,4-7,9,11H2. The predicted molar refractivity (Wildman–Crippen MR) is 89.6 cm³/mol. The summed E-state index contributed by atoms with van der Waals surface area (Å²) < 4.78 is 12.6. The lowest BCUT2D eigenvalue weighted by atomic mass is 10.0. The molecule has 1 aliphatic carbocycles. The Hall–Kier alpha value is -1.21. The number of likely N-dealkylation sites (tertiary alicyclic amines) is 1. The fraction of sp³-hybridized carbons (Fsp3) is 0.625. The van der Waals surface area contributed by atoms with Gasteiger partial charge in [-0.3, -0.25) is 13.8 Å². The minimum Gasteiger partial charge on any atom is -0.338 e. The lowest BCUT2D eigenvalue weighted by Gasteiger charge is -2.43. The first-order chi connectivity index (χ1) is 11.1. The second-order valence-electron chi connectivity index (χ2n) is 6.69. The SMILES string of the molecule is O=C(c1ccsc1)N1CCC2(CC1)N(CC1CC1)C(=O)CS2=O. The summed E-state index contributed by atoms with van der Waals surface area (Å²) in [6.07, 6.45) is 3.62. The van der Waals surface area contributed by atoms with E-state index in [0.29, 0.717) is 31.8 Å². The number of rotatable bonds is 3. The highest BCUT2D eigenvalue weighted by molar-refractivity contribution is 7.87. The predicted octanol–water partition coefficient (Wildman–Crippen LogP) is 1.68. The molecule has 0 aromatic carbocycles. The van der Waals surface area contributed by atoms with Crippen molar-refractivity contribution in [1.82, 2.24) is 9.80 Å². The van der Waals surface area contributed by atoms with Gasteiger partial charge in [0.05, 0.1) is 16.4 Å². The maximum absolute atomic E-state index is 12.6. The van der Waals surface area contributed by atoms with Crippen LogP contribution in [0.5, 0.6) is 0 Å².